The van der Waals surface area contributed by atoms with Crippen molar-refractivity contribution in [2.75, 3.05) is 7.11 Å². The second kappa shape index (κ2) is 7.33. The van der Waals surface area contributed by atoms with E-state index in [1.54, 1.807) is 23.5 Å². The minimum Gasteiger partial charge on any atom is -0.465 e. The summed E-state index contributed by atoms with van der Waals surface area (Å²) in [6.07, 6.45) is 0. The van der Waals surface area contributed by atoms with E-state index in [2.05, 4.69) is 42.9 Å². The van der Waals surface area contributed by atoms with Crippen molar-refractivity contribution in [1.29, 1.82) is 0 Å². The molecule has 0 N–H and O–H groups in total. The highest BCUT2D eigenvalue weighted by Gasteiger charge is 2.10. The second-order valence-electron chi connectivity index (χ2n) is 5.98. The Balaban J connectivity index is 2.48. The zero-order valence-electron chi connectivity index (χ0n) is 13.7. The standard InChI is InChI=1S/C19H18O2SSi/c1-21-19(20)17-8-7-15(11-13-23(2,3)4)16(14-17)9-10-18-6-5-12-22-18/h5-8,12,14H,1-4H3. The first-order valence-electron chi connectivity index (χ1n) is 7.20. The molecule has 2 nitrogen and oxygen atoms in total. The Morgan fingerprint density at radius 1 is 1.09 bits per heavy atom. The van der Waals surface area contributed by atoms with Crippen LogP contribution in [0.5, 0.6) is 0 Å². The van der Waals surface area contributed by atoms with Crippen LogP contribution in [-0.4, -0.2) is 21.2 Å². The van der Waals surface area contributed by atoms with Gasteiger partial charge in [-0.3, -0.25) is 0 Å². The maximum absolute atomic E-state index is 11.7. The van der Waals surface area contributed by atoms with Crippen molar-refractivity contribution in [3.8, 4) is 23.3 Å². The van der Waals surface area contributed by atoms with Crippen molar-refractivity contribution < 1.29 is 9.53 Å². The number of hydrogen-bond acceptors (Lipinski definition) is 3. The molecule has 0 aliphatic heterocycles. The summed E-state index contributed by atoms with van der Waals surface area (Å²) in [7, 11) is -0.107. The van der Waals surface area contributed by atoms with Crippen LogP contribution in [0.1, 0.15) is 26.4 Å². The quantitative estimate of drug-likeness (QED) is 0.443. The van der Waals surface area contributed by atoms with Crippen LogP contribution in [0.25, 0.3) is 0 Å². The maximum Gasteiger partial charge on any atom is 0.337 e. The topological polar surface area (TPSA) is 26.3 Å². The Morgan fingerprint density at radius 3 is 2.48 bits per heavy atom. The first kappa shape index (κ1) is 17.1. The normalized spacial score (nSPS) is 10.1. The van der Waals surface area contributed by atoms with Crippen LogP contribution in [0.2, 0.25) is 19.6 Å². The highest BCUT2D eigenvalue weighted by molar-refractivity contribution is 7.10. The summed E-state index contributed by atoms with van der Waals surface area (Å²) in [5.74, 6) is 9.12. The number of methoxy groups -OCH3 is 1. The molecule has 0 saturated carbocycles. The summed E-state index contributed by atoms with van der Waals surface area (Å²) in [5.41, 5.74) is 5.44. The summed E-state index contributed by atoms with van der Waals surface area (Å²) in [6, 6.07) is 9.26. The van der Waals surface area contributed by atoms with Gasteiger partial charge >= 0.3 is 5.97 Å². The number of ether oxygens (including phenoxy) is 1. The van der Waals surface area contributed by atoms with Gasteiger partial charge in [0.05, 0.1) is 17.6 Å². The van der Waals surface area contributed by atoms with Crippen LogP contribution in [0.15, 0.2) is 35.7 Å². The van der Waals surface area contributed by atoms with E-state index >= 15 is 0 Å². The SMILES string of the molecule is COC(=O)c1ccc(C#C[Si](C)(C)C)c(C#Cc2cccs2)c1. The lowest BCUT2D eigenvalue weighted by Crippen LogP contribution is -2.16. The van der Waals surface area contributed by atoms with E-state index in [-0.39, 0.29) is 5.97 Å². The molecule has 116 valence electrons. The van der Waals surface area contributed by atoms with Gasteiger partial charge in [-0.05, 0) is 29.6 Å². The van der Waals surface area contributed by atoms with E-state index < -0.39 is 8.07 Å². The first-order valence-corrected chi connectivity index (χ1v) is 11.6. The zero-order valence-corrected chi connectivity index (χ0v) is 15.5. The van der Waals surface area contributed by atoms with E-state index in [4.69, 9.17) is 4.74 Å². The highest BCUT2D eigenvalue weighted by Crippen LogP contribution is 2.13. The molecule has 0 bridgehead atoms. The number of carbonyl (C=O) groups is 1. The number of benzene rings is 1. The Morgan fingerprint density at radius 2 is 1.87 bits per heavy atom. The molecule has 2 rings (SSSR count). The third kappa shape index (κ3) is 5.14. The Bertz CT molecular complexity index is 822. The molecule has 0 aliphatic carbocycles. The van der Waals surface area contributed by atoms with Crippen molar-refractivity contribution in [2.24, 2.45) is 0 Å². The van der Waals surface area contributed by atoms with E-state index in [1.165, 1.54) is 7.11 Å². The fraction of sp³-hybridized carbons (Fsp3) is 0.211. The van der Waals surface area contributed by atoms with Crippen LogP contribution in [0.4, 0.5) is 0 Å². The van der Waals surface area contributed by atoms with Gasteiger partial charge in [0.15, 0.2) is 0 Å². The lowest BCUT2D eigenvalue weighted by atomic mass is 10.0. The molecule has 1 aromatic heterocycles. The molecule has 0 fully saturated rings. The predicted octanol–water partition coefficient (Wildman–Crippen LogP) is 4.16. The lowest BCUT2D eigenvalue weighted by Gasteiger charge is -2.05. The maximum atomic E-state index is 11.7. The summed E-state index contributed by atoms with van der Waals surface area (Å²) >= 11 is 1.59. The number of thiophene rings is 1. The largest absolute Gasteiger partial charge is 0.465 e. The molecule has 0 spiro atoms. The number of esters is 1. The smallest absolute Gasteiger partial charge is 0.337 e. The molecule has 0 radical (unpaired) electrons. The Kier molecular flexibility index (Phi) is 5.44. The van der Waals surface area contributed by atoms with Gasteiger partial charge in [0.2, 0.25) is 0 Å². The highest BCUT2D eigenvalue weighted by atomic mass is 32.1. The van der Waals surface area contributed by atoms with Gasteiger partial charge in [-0.2, -0.15) is 0 Å². The molecular formula is C19H18O2SSi. The van der Waals surface area contributed by atoms with E-state index in [9.17, 15) is 4.79 Å². The van der Waals surface area contributed by atoms with E-state index in [0.29, 0.717) is 5.56 Å². The average Bonchev–Trinajstić information content (AvgIpc) is 3.03. The van der Waals surface area contributed by atoms with Gasteiger partial charge < -0.3 is 4.74 Å². The molecule has 0 amide bonds. The number of hydrogen-bond donors (Lipinski definition) is 0. The summed E-state index contributed by atoms with van der Waals surface area (Å²) in [5, 5.41) is 1.99. The molecule has 0 atom stereocenters. The second-order valence-corrected chi connectivity index (χ2v) is 11.7. The minimum absolute atomic E-state index is 0.367. The average molecular weight is 339 g/mol. The van der Waals surface area contributed by atoms with Crippen molar-refractivity contribution >= 4 is 25.4 Å². The molecule has 1 heterocycles. The van der Waals surface area contributed by atoms with E-state index in [0.717, 1.165) is 16.0 Å². The Hall–Kier alpha value is -2.27. The molecule has 2 aromatic rings. The number of carbonyl (C=O) groups excluding carboxylic acids is 1. The van der Waals surface area contributed by atoms with Crippen LogP contribution in [-0.2, 0) is 4.74 Å². The van der Waals surface area contributed by atoms with Gasteiger partial charge in [-0.1, -0.05) is 43.5 Å². The molecule has 0 aliphatic rings. The van der Waals surface area contributed by atoms with Crippen LogP contribution in [0.3, 0.4) is 0 Å². The number of rotatable bonds is 1. The van der Waals surface area contributed by atoms with Gasteiger partial charge in [0, 0.05) is 11.1 Å². The van der Waals surface area contributed by atoms with Gasteiger partial charge in [-0.15, -0.1) is 16.9 Å². The fourth-order valence-corrected chi connectivity index (χ4v) is 2.82. The molecular weight excluding hydrogens is 320 g/mol. The molecule has 0 unspecified atom stereocenters. The van der Waals surface area contributed by atoms with E-state index in [1.807, 2.05) is 23.6 Å². The van der Waals surface area contributed by atoms with Gasteiger partial charge in [0.25, 0.3) is 0 Å². The van der Waals surface area contributed by atoms with Crippen molar-refractivity contribution in [3.05, 3.63) is 57.3 Å². The minimum atomic E-state index is -1.48. The monoisotopic (exact) mass is 338 g/mol. The van der Waals surface area contributed by atoms with Crippen molar-refractivity contribution in [1.82, 2.24) is 0 Å². The summed E-state index contributed by atoms with van der Waals surface area (Å²) in [4.78, 5) is 12.7. The third-order valence-electron chi connectivity index (χ3n) is 2.85. The van der Waals surface area contributed by atoms with Crippen molar-refractivity contribution in [2.45, 2.75) is 19.6 Å². The van der Waals surface area contributed by atoms with Gasteiger partial charge in [-0.25, -0.2) is 4.79 Å². The summed E-state index contributed by atoms with van der Waals surface area (Å²) in [6.45, 7) is 6.58. The fourth-order valence-electron chi connectivity index (χ4n) is 1.73. The predicted molar refractivity (Wildman–Crippen MR) is 98.3 cm³/mol. The zero-order chi connectivity index (χ0) is 16.9. The summed E-state index contributed by atoms with van der Waals surface area (Å²) < 4.78 is 4.78. The van der Waals surface area contributed by atoms with Gasteiger partial charge in [0.1, 0.15) is 8.07 Å². The molecule has 4 heteroatoms. The van der Waals surface area contributed by atoms with Crippen LogP contribution >= 0.6 is 11.3 Å². The Labute approximate surface area is 142 Å². The lowest BCUT2D eigenvalue weighted by molar-refractivity contribution is 0.0600. The molecule has 1 aromatic carbocycles. The van der Waals surface area contributed by atoms with Crippen LogP contribution in [0, 0.1) is 23.3 Å². The van der Waals surface area contributed by atoms with Crippen molar-refractivity contribution in [3.63, 3.8) is 0 Å². The molecule has 0 saturated heterocycles. The van der Waals surface area contributed by atoms with Crippen LogP contribution < -0.4 is 0 Å². The molecule has 23 heavy (non-hydrogen) atoms. The first-order chi connectivity index (χ1) is 10.9. The third-order valence-corrected chi connectivity index (χ3v) is 4.51.